The lowest BCUT2D eigenvalue weighted by Gasteiger charge is -2.25. The summed E-state index contributed by atoms with van der Waals surface area (Å²) >= 11 is 6.22. The number of nitrogens with two attached hydrogens (primary N) is 1. The normalized spacial score (nSPS) is 17.0. The number of nitrogens with zero attached hydrogens (tertiary/aromatic N) is 2. The number of amides is 2. The van der Waals surface area contributed by atoms with Gasteiger partial charge in [0.05, 0.1) is 23.4 Å². The molecule has 0 saturated carbocycles. The number of aromatic nitrogens is 1. The average Bonchev–Trinajstić information content (AvgIpc) is 3.24. The number of pyridine rings is 1. The highest BCUT2D eigenvalue weighted by molar-refractivity contribution is 6.33. The number of furan rings is 1. The molecule has 1 saturated heterocycles. The van der Waals surface area contributed by atoms with E-state index in [1.165, 1.54) is 12.3 Å². The van der Waals surface area contributed by atoms with Gasteiger partial charge >= 0.3 is 0 Å². The smallest absolute Gasteiger partial charge is 0.250 e. The quantitative estimate of drug-likeness (QED) is 0.856. The summed E-state index contributed by atoms with van der Waals surface area (Å²) in [6.45, 7) is 0.999. The monoisotopic (exact) mass is 348 g/mol. The molecule has 2 amide bonds. The van der Waals surface area contributed by atoms with Gasteiger partial charge in [0.1, 0.15) is 17.6 Å². The Balaban J connectivity index is 1.73. The fourth-order valence-electron chi connectivity index (χ4n) is 2.77. The van der Waals surface area contributed by atoms with Gasteiger partial charge in [0.15, 0.2) is 0 Å². The summed E-state index contributed by atoms with van der Waals surface area (Å²) in [7, 11) is 0. The molecule has 0 bridgehead atoms. The van der Waals surface area contributed by atoms with Crippen molar-refractivity contribution in [3.8, 4) is 0 Å². The minimum atomic E-state index is -0.592. The number of primary amides is 1. The van der Waals surface area contributed by atoms with Crippen LogP contribution in [0.25, 0.3) is 0 Å². The Labute approximate surface area is 143 Å². The van der Waals surface area contributed by atoms with Crippen LogP contribution in [0.3, 0.4) is 0 Å². The van der Waals surface area contributed by atoms with Gasteiger partial charge in [0.25, 0.3) is 0 Å². The molecule has 2 aromatic rings. The maximum Gasteiger partial charge on any atom is 0.250 e. The molecule has 1 aliphatic rings. The third kappa shape index (κ3) is 3.35. The van der Waals surface area contributed by atoms with Crippen LogP contribution >= 0.6 is 11.6 Å². The maximum atomic E-state index is 12.5. The molecule has 0 radical (unpaired) electrons. The highest BCUT2D eigenvalue weighted by Crippen LogP contribution is 2.30. The lowest BCUT2D eigenvalue weighted by molar-refractivity contribution is -0.122. The van der Waals surface area contributed by atoms with Gasteiger partial charge < -0.3 is 20.4 Å². The van der Waals surface area contributed by atoms with E-state index in [9.17, 15) is 9.59 Å². The molecule has 1 atom stereocenters. The predicted octanol–water partition coefficient (Wildman–Crippen LogP) is 1.71. The maximum absolute atomic E-state index is 12.5. The highest BCUT2D eigenvalue weighted by Gasteiger charge is 2.32. The molecule has 24 heavy (non-hydrogen) atoms. The number of anilines is 1. The highest BCUT2D eigenvalue weighted by atomic mass is 35.5. The standard InChI is InChI=1S/C16H17ClN4O3/c17-12-7-10(14(18)22)8-19-15(12)21-5-1-4-13(21)16(23)20-9-11-3-2-6-24-11/h2-3,6-8,13H,1,4-5,9H2,(H2,18,22)(H,20,23). The van der Waals surface area contributed by atoms with E-state index in [1.807, 2.05) is 4.90 Å². The molecule has 0 spiro atoms. The van der Waals surface area contributed by atoms with Crippen LogP contribution in [0.15, 0.2) is 35.1 Å². The van der Waals surface area contributed by atoms with Crippen LogP contribution in [0, 0.1) is 0 Å². The lowest BCUT2D eigenvalue weighted by atomic mass is 10.2. The van der Waals surface area contributed by atoms with E-state index in [-0.39, 0.29) is 17.5 Å². The van der Waals surface area contributed by atoms with Crippen LogP contribution in [0.5, 0.6) is 0 Å². The fourth-order valence-corrected chi connectivity index (χ4v) is 3.05. The van der Waals surface area contributed by atoms with Crippen molar-refractivity contribution in [1.29, 1.82) is 0 Å². The first kappa shape index (κ1) is 16.3. The Morgan fingerprint density at radius 1 is 1.50 bits per heavy atom. The number of nitrogens with one attached hydrogen (secondary N) is 1. The van der Waals surface area contributed by atoms with E-state index >= 15 is 0 Å². The van der Waals surface area contributed by atoms with Crippen molar-refractivity contribution in [2.24, 2.45) is 5.73 Å². The third-order valence-electron chi connectivity index (χ3n) is 3.95. The predicted molar refractivity (Wildman–Crippen MR) is 88.7 cm³/mol. The molecular formula is C16H17ClN4O3. The summed E-state index contributed by atoms with van der Waals surface area (Å²) in [5, 5.41) is 3.16. The molecule has 1 unspecified atom stereocenters. The van der Waals surface area contributed by atoms with Crippen LogP contribution in [0.1, 0.15) is 29.0 Å². The summed E-state index contributed by atoms with van der Waals surface area (Å²) in [4.78, 5) is 29.7. The van der Waals surface area contributed by atoms with Crippen LogP contribution in [-0.2, 0) is 11.3 Å². The second kappa shape index (κ2) is 6.92. The van der Waals surface area contributed by atoms with Crippen LogP contribution in [-0.4, -0.2) is 29.4 Å². The number of carbonyl (C=O) groups excluding carboxylic acids is 2. The first-order chi connectivity index (χ1) is 11.6. The van der Waals surface area contributed by atoms with Gasteiger partial charge in [-0.05, 0) is 31.0 Å². The molecule has 3 heterocycles. The molecule has 1 fully saturated rings. The van der Waals surface area contributed by atoms with E-state index in [4.69, 9.17) is 21.8 Å². The third-order valence-corrected chi connectivity index (χ3v) is 4.23. The van der Waals surface area contributed by atoms with Gasteiger partial charge in [0.2, 0.25) is 11.8 Å². The second-order valence-electron chi connectivity index (χ2n) is 5.54. The van der Waals surface area contributed by atoms with Gasteiger partial charge in [-0.15, -0.1) is 0 Å². The summed E-state index contributed by atoms with van der Waals surface area (Å²) < 4.78 is 5.21. The Hall–Kier alpha value is -2.54. The first-order valence-corrected chi connectivity index (χ1v) is 7.96. The number of hydrogen-bond acceptors (Lipinski definition) is 5. The first-order valence-electron chi connectivity index (χ1n) is 7.58. The Kier molecular flexibility index (Phi) is 4.71. The molecule has 8 heteroatoms. The topological polar surface area (TPSA) is 101 Å². The minimum absolute atomic E-state index is 0.110. The summed E-state index contributed by atoms with van der Waals surface area (Å²) in [6.07, 6.45) is 4.50. The molecule has 0 aliphatic carbocycles. The molecular weight excluding hydrogens is 332 g/mol. The number of carbonyl (C=O) groups is 2. The van der Waals surface area contributed by atoms with Crippen molar-refractivity contribution in [2.45, 2.75) is 25.4 Å². The molecule has 0 aromatic carbocycles. The molecule has 1 aliphatic heterocycles. The molecule has 126 valence electrons. The van der Waals surface area contributed by atoms with E-state index < -0.39 is 5.91 Å². The molecule has 2 aromatic heterocycles. The van der Waals surface area contributed by atoms with Gasteiger partial charge in [0, 0.05) is 12.7 Å². The Morgan fingerprint density at radius 2 is 2.33 bits per heavy atom. The van der Waals surface area contributed by atoms with Gasteiger partial charge in [-0.25, -0.2) is 4.98 Å². The Bertz CT molecular complexity index is 748. The summed E-state index contributed by atoms with van der Waals surface area (Å²) in [6, 6.07) is 4.69. The van der Waals surface area contributed by atoms with Gasteiger partial charge in [-0.2, -0.15) is 0 Å². The number of halogens is 1. The zero-order valence-electron chi connectivity index (χ0n) is 12.9. The summed E-state index contributed by atoms with van der Waals surface area (Å²) in [5.41, 5.74) is 5.46. The van der Waals surface area contributed by atoms with Crippen molar-refractivity contribution < 1.29 is 14.0 Å². The van der Waals surface area contributed by atoms with E-state index in [2.05, 4.69) is 10.3 Å². The zero-order valence-corrected chi connectivity index (χ0v) is 13.6. The largest absolute Gasteiger partial charge is 0.467 e. The van der Waals surface area contributed by atoms with Crippen molar-refractivity contribution in [3.05, 3.63) is 47.0 Å². The Morgan fingerprint density at radius 3 is 3.00 bits per heavy atom. The second-order valence-corrected chi connectivity index (χ2v) is 5.95. The molecule has 3 N–H and O–H groups in total. The zero-order chi connectivity index (χ0) is 17.1. The fraction of sp³-hybridized carbons (Fsp3) is 0.312. The lowest BCUT2D eigenvalue weighted by Crippen LogP contribution is -2.43. The number of rotatable bonds is 5. The van der Waals surface area contributed by atoms with Crippen molar-refractivity contribution in [3.63, 3.8) is 0 Å². The van der Waals surface area contributed by atoms with Crippen molar-refractivity contribution in [1.82, 2.24) is 10.3 Å². The average molecular weight is 349 g/mol. The van der Waals surface area contributed by atoms with Gasteiger partial charge in [-0.3, -0.25) is 9.59 Å². The van der Waals surface area contributed by atoms with Gasteiger partial charge in [-0.1, -0.05) is 11.6 Å². The molecule has 3 rings (SSSR count). The van der Waals surface area contributed by atoms with Crippen LogP contribution < -0.4 is 16.0 Å². The van der Waals surface area contributed by atoms with Crippen LogP contribution in [0.2, 0.25) is 5.02 Å². The van der Waals surface area contributed by atoms with E-state index in [1.54, 1.807) is 18.4 Å². The van der Waals surface area contributed by atoms with E-state index in [0.29, 0.717) is 36.1 Å². The van der Waals surface area contributed by atoms with E-state index in [0.717, 1.165) is 6.42 Å². The summed E-state index contributed by atoms with van der Waals surface area (Å²) in [5.74, 6) is 0.470. The minimum Gasteiger partial charge on any atom is -0.467 e. The van der Waals surface area contributed by atoms with Crippen LogP contribution in [0.4, 0.5) is 5.82 Å². The number of hydrogen-bond donors (Lipinski definition) is 2. The SMILES string of the molecule is NC(=O)c1cnc(N2CCCC2C(=O)NCc2ccco2)c(Cl)c1. The van der Waals surface area contributed by atoms with Crippen molar-refractivity contribution >= 4 is 29.2 Å². The van der Waals surface area contributed by atoms with Crippen molar-refractivity contribution in [2.75, 3.05) is 11.4 Å². The molecule has 7 nitrogen and oxygen atoms in total.